The van der Waals surface area contributed by atoms with Gasteiger partial charge in [0.15, 0.2) is 0 Å². The van der Waals surface area contributed by atoms with Crippen LogP contribution in [0.5, 0.6) is 0 Å². The number of nitrogens with zero attached hydrogens (tertiary/aromatic N) is 1. The Morgan fingerprint density at radius 2 is 1.89 bits per heavy atom. The number of anilines is 1. The summed E-state index contributed by atoms with van der Waals surface area (Å²) < 4.78 is 4.64. The Balaban J connectivity index is 2.28. The highest BCUT2D eigenvalue weighted by Crippen LogP contribution is 2.36. The highest BCUT2D eigenvalue weighted by molar-refractivity contribution is 6.48. The molecule has 0 N–H and O–H groups in total. The van der Waals surface area contributed by atoms with E-state index in [-0.39, 0.29) is 33.9 Å². The fourth-order valence-corrected chi connectivity index (χ4v) is 2.56. The third-order valence-corrected chi connectivity index (χ3v) is 4.14. The number of methoxy groups -OCH3 is 1. The lowest BCUT2D eigenvalue weighted by molar-refractivity contribution is -0.145. The van der Waals surface area contributed by atoms with Crippen LogP contribution in [0.25, 0.3) is 0 Å². The molecule has 0 aromatic heterocycles. The molecule has 0 aliphatic carbocycles. The zero-order valence-corrected chi connectivity index (χ0v) is 12.2. The predicted octanol–water partition coefficient (Wildman–Crippen LogP) is 3.17. The molecule has 1 aliphatic rings. The van der Waals surface area contributed by atoms with Crippen LogP contribution in [0.4, 0.5) is 5.69 Å². The first kappa shape index (κ1) is 14.4. The van der Waals surface area contributed by atoms with Crippen LogP contribution in [-0.2, 0) is 14.3 Å². The van der Waals surface area contributed by atoms with Crippen LogP contribution in [0, 0.1) is 5.92 Å². The van der Waals surface area contributed by atoms with E-state index in [1.54, 1.807) is 12.1 Å². The maximum Gasteiger partial charge on any atom is 0.311 e. The lowest BCUT2D eigenvalue weighted by Crippen LogP contribution is -2.26. The Morgan fingerprint density at radius 1 is 1.32 bits per heavy atom. The Bertz CT molecular complexity index is 524. The molecule has 0 saturated carbocycles. The Morgan fingerprint density at radius 3 is 2.42 bits per heavy atom. The minimum Gasteiger partial charge on any atom is -0.469 e. The van der Waals surface area contributed by atoms with Crippen LogP contribution < -0.4 is 4.90 Å². The van der Waals surface area contributed by atoms with E-state index in [2.05, 4.69) is 4.74 Å². The van der Waals surface area contributed by atoms with E-state index >= 15 is 0 Å². The van der Waals surface area contributed by atoms with Crippen LogP contribution in [0.2, 0.25) is 15.1 Å². The summed E-state index contributed by atoms with van der Waals surface area (Å²) in [5, 5.41) is 0.764. The summed E-state index contributed by atoms with van der Waals surface area (Å²) >= 11 is 17.7. The summed E-state index contributed by atoms with van der Waals surface area (Å²) in [6.07, 6.45) is 0.116. The van der Waals surface area contributed by atoms with E-state index in [0.717, 1.165) is 0 Å². The number of carbonyl (C=O) groups excluding carboxylic acids is 2. The van der Waals surface area contributed by atoms with Crippen molar-refractivity contribution in [2.45, 2.75) is 6.42 Å². The van der Waals surface area contributed by atoms with Gasteiger partial charge in [0.25, 0.3) is 0 Å². The summed E-state index contributed by atoms with van der Waals surface area (Å²) in [4.78, 5) is 24.8. The zero-order valence-electron chi connectivity index (χ0n) is 9.95. The first-order valence-corrected chi connectivity index (χ1v) is 6.60. The standard InChI is InChI=1S/C12H10Cl3NO3/c1-19-12(18)6-2-10(17)16(5-6)7-3-8(13)11(15)9(14)4-7/h3-4,6H,2,5H2,1H3. The van der Waals surface area contributed by atoms with Crippen molar-refractivity contribution in [2.24, 2.45) is 5.92 Å². The van der Waals surface area contributed by atoms with Crippen LogP contribution >= 0.6 is 34.8 Å². The lowest BCUT2D eigenvalue weighted by atomic mass is 10.1. The first-order chi connectivity index (χ1) is 8.93. The average molecular weight is 323 g/mol. The monoisotopic (exact) mass is 321 g/mol. The van der Waals surface area contributed by atoms with Gasteiger partial charge >= 0.3 is 5.97 Å². The molecule has 0 bridgehead atoms. The molecule has 0 spiro atoms. The van der Waals surface area contributed by atoms with Gasteiger partial charge in [0.1, 0.15) is 0 Å². The Hall–Kier alpha value is -0.970. The van der Waals surface area contributed by atoms with Crippen LogP contribution in [0.15, 0.2) is 12.1 Å². The molecule has 19 heavy (non-hydrogen) atoms. The Kier molecular flexibility index (Phi) is 4.23. The zero-order chi connectivity index (χ0) is 14.2. The van der Waals surface area contributed by atoms with E-state index in [4.69, 9.17) is 34.8 Å². The van der Waals surface area contributed by atoms with Crippen molar-refractivity contribution < 1.29 is 14.3 Å². The molecule has 1 aromatic rings. The topological polar surface area (TPSA) is 46.6 Å². The number of benzene rings is 1. The summed E-state index contributed by atoms with van der Waals surface area (Å²) in [6.45, 7) is 0.250. The second-order valence-corrected chi connectivity index (χ2v) is 5.34. The van der Waals surface area contributed by atoms with Crippen molar-refractivity contribution in [2.75, 3.05) is 18.6 Å². The van der Waals surface area contributed by atoms with Gasteiger partial charge in [0.2, 0.25) is 5.91 Å². The molecule has 1 aliphatic heterocycles. The second-order valence-electron chi connectivity index (χ2n) is 4.15. The highest BCUT2D eigenvalue weighted by Gasteiger charge is 2.36. The van der Waals surface area contributed by atoms with Crippen molar-refractivity contribution in [1.29, 1.82) is 0 Å². The van der Waals surface area contributed by atoms with E-state index in [1.165, 1.54) is 12.0 Å². The van der Waals surface area contributed by atoms with E-state index in [0.29, 0.717) is 5.69 Å². The highest BCUT2D eigenvalue weighted by atomic mass is 35.5. The molecule has 1 amide bonds. The predicted molar refractivity (Wildman–Crippen MR) is 73.9 cm³/mol. The largest absolute Gasteiger partial charge is 0.469 e. The van der Waals surface area contributed by atoms with Crippen LogP contribution in [0.3, 0.4) is 0 Å². The maximum absolute atomic E-state index is 11.9. The van der Waals surface area contributed by atoms with Gasteiger partial charge in [-0.05, 0) is 12.1 Å². The molecule has 4 nitrogen and oxygen atoms in total. The van der Waals surface area contributed by atoms with Crippen molar-refractivity contribution in [3.8, 4) is 0 Å². The summed E-state index contributed by atoms with van der Waals surface area (Å²) in [5.74, 6) is -1.04. The molecule has 1 unspecified atom stereocenters. The van der Waals surface area contributed by atoms with Crippen molar-refractivity contribution in [3.63, 3.8) is 0 Å². The fourth-order valence-electron chi connectivity index (χ4n) is 1.98. The SMILES string of the molecule is COC(=O)C1CC(=O)N(c2cc(Cl)c(Cl)c(Cl)c2)C1. The average Bonchev–Trinajstić information content (AvgIpc) is 2.76. The molecular weight excluding hydrogens is 312 g/mol. The van der Waals surface area contributed by atoms with Crippen LogP contribution in [-0.4, -0.2) is 25.5 Å². The molecular formula is C12H10Cl3NO3. The number of halogens is 3. The minimum atomic E-state index is -0.467. The van der Waals surface area contributed by atoms with Crippen molar-refractivity contribution in [1.82, 2.24) is 0 Å². The third kappa shape index (κ3) is 2.81. The van der Waals surface area contributed by atoms with Crippen molar-refractivity contribution in [3.05, 3.63) is 27.2 Å². The number of carbonyl (C=O) groups is 2. The number of hydrogen-bond donors (Lipinski definition) is 0. The number of amides is 1. The maximum atomic E-state index is 11.9. The fraction of sp³-hybridized carbons (Fsp3) is 0.333. The first-order valence-electron chi connectivity index (χ1n) is 5.46. The van der Waals surface area contributed by atoms with Gasteiger partial charge < -0.3 is 9.64 Å². The van der Waals surface area contributed by atoms with Gasteiger partial charge in [-0.15, -0.1) is 0 Å². The van der Waals surface area contributed by atoms with Gasteiger partial charge in [0.05, 0.1) is 28.1 Å². The number of hydrogen-bond acceptors (Lipinski definition) is 3. The third-order valence-electron chi connectivity index (χ3n) is 2.94. The van der Waals surface area contributed by atoms with Crippen LogP contribution in [0.1, 0.15) is 6.42 Å². The molecule has 1 saturated heterocycles. The van der Waals surface area contributed by atoms with Gasteiger partial charge in [-0.2, -0.15) is 0 Å². The second kappa shape index (κ2) is 5.57. The van der Waals surface area contributed by atoms with Crippen molar-refractivity contribution >= 4 is 52.4 Å². The molecule has 1 atom stereocenters. The molecule has 1 aromatic carbocycles. The number of ether oxygens (including phenoxy) is 1. The van der Waals surface area contributed by atoms with Gasteiger partial charge in [-0.25, -0.2) is 0 Å². The molecule has 1 heterocycles. The number of esters is 1. The minimum absolute atomic E-state index is 0.116. The summed E-state index contributed by atoms with van der Waals surface area (Å²) in [6, 6.07) is 3.10. The smallest absolute Gasteiger partial charge is 0.311 e. The van der Waals surface area contributed by atoms with Gasteiger partial charge in [-0.1, -0.05) is 34.8 Å². The molecule has 0 radical (unpaired) electrons. The summed E-state index contributed by atoms with van der Waals surface area (Å²) in [5.41, 5.74) is 0.524. The molecule has 102 valence electrons. The molecule has 7 heteroatoms. The van der Waals surface area contributed by atoms with E-state index in [1.807, 2.05) is 0 Å². The summed E-state index contributed by atoms with van der Waals surface area (Å²) in [7, 11) is 1.30. The van der Waals surface area contributed by atoms with Gasteiger partial charge in [-0.3, -0.25) is 9.59 Å². The number of rotatable bonds is 2. The normalized spacial score (nSPS) is 18.8. The van der Waals surface area contributed by atoms with E-state index in [9.17, 15) is 9.59 Å². The molecule has 2 rings (SSSR count). The quantitative estimate of drug-likeness (QED) is 0.620. The van der Waals surface area contributed by atoms with Gasteiger partial charge in [0, 0.05) is 18.7 Å². The molecule has 1 fully saturated rings. The Labute approximate surface area is 125 Å². The van der Waals surface area contributed by atoms with E-state index < -0.39 is 11.9 Å². The lowest BCUT2D eigenvalue weighted by Gasteiger charge is -2.17.